The molecule has 0 aliphatic rings. The number of pyridine rings is 1. The van der Waals surface area contributed by atoms with E-state index in [1.807, 2.05) is 37.3 Å². The summed E-state index contributed by atoms with van der Waals surface area (Å²) in [4.78, 5) is 38.3. The molecule has 1 atom stereocenters. The third-order valence-corrected chi connectivity index (χ3v) is 5.19. The molecule has 0 aliphatic carbocycles. The van der Waals surface area contributed by atoms with E-state index in [0.29, 0.717) is 22.6 Å². The van der Waals surface area contributed by atoms with E-state index in [4.69, 9.17) is 4.74 Å². The SMILES string of the molecule is CNC(=O)c1ccc(OC)c(NC(=O)c2c(C)ccn(C(C)c3ccccc3)c2=O)c1. The highest BCUT2D eigenvalue weighted by atomic mass is 16.5. The highest BCUT2D eigenvalue weighted by Crippen LogP contribution is 2.26. The number of carbonyl (C=O) groups is 2. The van der Waals surface area contributed by atoms with Crippen molar-refractivity contribution in [2.24, 2.45) is 0 Å². The van der Waals surface area contributed by atoms with Crippen molar-refractivity contribution in [2.75, 3.05) is 19.5 Å². The number of aryl methyl sites for hydroxylation is 1. The smallest absolute Gasteiger partial charge is 0.264 e. The summed E-state index contributed by atoms with van der Waals surface area (Å²) in [7, 11) is 2.99. The van der Waals surface area contributed by atoms with E-state index in [1.54, 1.807) is 31.3 Å². The number of aromatic nitrogens is 1. The van der Waals surface area contributed by atoms with Gasteiger partial charge in [-0.15, -0.1) is 0 Å². The average Bonchev–Trinajstić information content (AvgIpc) is 2.78. The van der Waals surface area contributed by atoms with E-state index in [0.717, 1.165) is 5.56 Å². The van der Waals surface area contributed by atoms with Crippen LogP contribution in [0.15, 0.2) is 65.6 Å². The summed E-state index contributed by atoms with van der Waals surface area (Å²) in [5.74, 6) is -0.481. The molecule has 2 aromatic carbocycles. The summed E-state index contributed by atoms with van der Waals surface area (Å²) in [5, 5.41) is 5.27. The molecule has 0 bridgehead atoms. The van der Waals surface area contributed by atoms with Crippen LogP contribution in [0.25, 0.3) is 0 Å². The van der Waals surface area contributed by atoms with Crippen LogP contribution in [0.1, 0.15) is 44.8 Å². The summed E-state index contributed by atoms with van der Waals surface area (Å²) >= 11 is 0. The fourth-order valence-corrected chi connectivity index (χ4v) is 3.39. The number of nitrogens with one attached hydrogen (secondary N) is 2. The highest BCUT2D eigenvalue weighted by Gasteiger charge is 2.20. The van der Waals surface area contributed by atoms with Gasteiger partial charge in [-0.3, -0.25) is 14.4 Å². The molecular formula is C24H25N3O4. The second kappa shape index (κ2) is 9.30. The summed E-state index contributed by atoms with van der Waals surface area (Å²) in [6.45, 7) is 3.62. The Balaban J connectivity index is 1.99. The van der Waals surface area contributed by atoms with Crippen molar-refractivity contribution in [1.82, 2.24) is 9.88 Å². The third kappa shape index (κ3) is 4.50. The Labute approximate surface area is 180 Å². The largest absolute Gasteiger partial charge is 0.495 e. The van der Waals surface area contributed by atoms with Crippen LogP contribution in [0.3, 0.4) is 0 Å². The number of rotatable bonds is 6. The summed E-state index contributed by atoms with van der Waals surface area (Å²) in [6, 6.07) is 15.8. The van der Waals surface area contributed by atoms with Crippen molar-refractivity contribution in [3.05, 3.63) is 93.4 Å². The van der Waals surface area contributed by atoms with Crippen LogP contribution in [0.5, 0.6) is 5.75 Å². The Morgan fingerprint density at radius 1 is 1.03 bits per heavy atom. The van der Waals surface area contributed by atoms with Gasteiger partial charge in [0.2, 0.25) is 0 Å². The molecule has 7 heteroatoms. The lowest BCUT2D eigenvalue weighted by Crippen LogP contribution is -2.32. The van der Waals surface area contributed by atoms with Crippen LogP contribution in [0.2, 0.25) is 0 Å². The van der Waals surface area contributed by atoms with Gasteiger partial charge in [0.25, 0.3) is 17.4 Å². The molecule has 0 saturated heterocycles. The number of benzene rings is 2. The molecule has 3 aromatic rings. The van der Waals surface area contributed by atoms with E-state index >= 15 is 0 Å². The van der Waals surface area contributed by atoms with Crippen LogP contribution in [0.4, 0.5) is 5.69 Å². The minimum absolute atomic E-state index is 0.0395. The average molecular weight is 419 g/mol. The molecule has 31 heavy (non-hydrogen) atoms. The molecule has 0 radical (unpaired) electrons. The first kappa shape index (κ1) is 21.8. The number of hydrogen-bond donors (Lipinski definition) is 2. The van der Waals surface area contributed by atoms with E-state index in [-0.39, 0.29) is 17.5 Å². The van der Waals surface area contributed by atoms with E-state index in [2.05, 4.69) is 10.6 Å². The molecule has 3 rings (SSSR count). The lowest BCUT2D eigenvalue weighted by atomic mass is 10.1. The predicted molar refractivity (Wildman–Crippen MR) is 120 cm³/mol. The first-order chi connectivity index (χ1) is 14.9. The van der Waals surface area contributed by atoms with Gasteiger partial charge in [-0.1, -0.05) is 30.3 Å². The minimum Gasteiger partial charge on any atom is -0.495 e. The Kier molecular flexibility index (Phi) is 6.55. The summed E-state index contributed by atoms with van der Waals surface area (Å²) in [6.07, 6.45) is 1.69. The third-order valence-electron chi connectivity index (χ3n) is 5.19. The molecular weight excluding hydrogens is 394 g/mol. The van der Waals surface area contributed by atoms with Crippen molar-refractivity contribution in [3.63, 3.8) is 0 Å². The van der Waals surface area contributed by atoms with Crippen LogP contribution in [-0.4, -0.2) is 30.5 Å². The predicted octanol–water partition coefficient (Wildman–Crippen LogP) is 3.39. The number of nitrogens with zero attached hydrogens (tertiary/aromatic N) is 1. The van der Waals surface area contributed by atoms with E-state index in [1.165, 1.54) is 24.8 Å². The van der Waals surface area contributed by atoms with Gasteiger partial charge in [0, 0.05) is 18.8 Å². The Bertz CT molecular complexity index is 1170. The van der Waals surface area contributed by atoms with E-state index < -0.39 is 11.5 Å². The fourth-order valence-electron chi connectivity index (χ4n) is 3.39. The first-order valence-electron chi connectivity index (χ1n) is 9.85. The number of carbonyl (C=O) groups excluding carboxylic acids is 2. The number of anilines is 1. The number of ether oxygens (including phenoxy) is 1. The molecule has 1 unspecified atom stereocenters. The van der Waals surface area contributed by atoms with Crippen molar-refractivity contribution in [2.45, 2.75) is 19.9 Å². The van der Waals surface area contributed by atoms with Gasteiger partial charge in [-0.2, -0.15) is 0 Å². The number of amides is 2. The number of methoxy groups -OCH3 is 1. The van der Waals surface area contributed by atoms with Gasteiger partial charge in [0.05, 0.1) is 18.8 Å². The molecule has 7 nitrogen and oxygen atoms in total. The maximum absolute atomic E-state index is 13.2. The lowest BCUT2D eigenvalue weighted by molar-refractivity contribution is 0.0961. The zero-order valence-corrected chi connectivity index (χ0v) is 17.9. The summed E-state index contributed by atoms with van der Waals surface area (Å²) in [5.41, 5.74) is 1.82. The lowest BCUT2D eigenvalue weighted by Gasteiger charge is -2.18. The van der Waals surface area contributed by atoms with Gasteiger partial charge in [-0.25, -0.2) is 0 Å². The Morgan fingerprint density at radius 3 is 2.39 bits per heavy atom. The molecule has 0 saturated carbocycles. The summed E-state index contributed by atoms with van der Waals surface area (Å²) < 4.78 is 6.84. The van der Waals surface area contributed by atoms with Crippen molar-refractivity contribution in [1.29, 1.82) is 0 Å². The highest BCUT2D eigenvalue weighted by molar-refractivity contribution is 6.06. The van der Waals surface area contributed by atoms with E-state index in [9.17, 15) is 14.4 Å². The normalized spacial score (nSPS) is 11.5. The standard InChI is InChI=1S/C24H25N3O4/c1-15-12-13-27(16(2)17-8-6-5-7-9-17)24(30)21(15)23(29)26-19-14-18(22(28)25-3)10-11-20(19)31-4/h5-14,16H,1-4H3,(H,25,28)(H,26,29). The molecule has 0 aliphatic heterocycles. The first-order valence-corrected chi connectivity index (χ1v) is 9.85. The van der Waals surface area contributed by atoms with Gasteiger partial charge in [0.15, 0.2) is 0 Å². The molecule has 0 fully saturated rings. The minimum atomic E-state index is -0.565. The van der Waals surface area contributed by atoms with Crippen LogP contribution >= 0.6 is 0 Å². The molecule has 160 valence electrons. The maximum Gasteiger partial charge on any atom is 0.264 e. The monoisotopic (exact) mass is 419 g/mol. The maximum atomic E-state index is 13.2. The van der Waals surface area contributed by atoms with Crippen molar-refractivity contribution < 1.29 is 14.3 Å². The quantitative estimate of drug-likeness (QED) is 0.641. The molecule has 1 heterocycles. The topological polar surface area (TPSA) is 89.4 Å². The Hall–Kier alpha value is -3.87. The van der Waals surface area contributed by atoms with Crippen LogP contribution < -0.4 is 20.9 Å². The zero-order chi connectivity index (χ0) is 22.5. The van der Waals surface area contributed by atoms with Crippen molar-refractivity contribution in [3.8, 4) is 5.75 Å². The van der Waals surface area contributed by atoms with Crippen molar-refractivity contribution >= 4 is 17.5 Å². The second-order valence-corrected chi connectivity index (χ2v) is 7.12. The van der Waals surface area contributed by atoms with Crippen LogP contribution in [-0.2, 0) is 0 Å². The molecule has 2 N–H and O–H groups in total. The fraction of sp³-hybridized carbons (Fsp3) is 0.208. The Morgan fingerprint density at radius 2 is 1.74 bits per heavy atom. The number of hydrogen-bond acceptors (Lipinski definition) is 4. The molecule has 1 aromatic heterocycles. The molecule has 0 spiro atoms. The molecule has 2 amide bonds. The van der Waals surface area contributed by atoms with Gasteiger partial charge < -0.3 is 19.9 Å². The second-order valence-electron chi connectivity index (χ2n) is 7.12. The van der Waals surface area contributed by atoms with Crippen LogP contribution in [0, 0.1) is 6.92 Å². The van der Waals surface area contributed by atoms with Gasteiger partial charge in [0.1, 0.15) is 11.3 Å². The van der Waals surface area contributed by atoms with Gasteiger partial charge >= 0.3 is 0 Å². The van der Waals surface area contributed by atoms with Gasteiger partial charge in [-0.05, 0) is 49.2 Å². The zero-order valence-electron chi connectivity index (χ0n) is 17.9.